The van der Waals surface area contributed by atoms with Crippen molar-refractivity contribution >= 4 is 0 Å². The fourth-order valence-electron chi connectivity index (χ4n) is 2.44. The number of hydrogen-bond acceptors (Lipinski definition) is 3. The third kappa shape index (κ3) is 2.25. The van der Waals surface area contributed by atoms with Crippen LogP contribution in [0.1, 0.15) is 31.7 Å². The Bertz CT molecular complexity index is 401. The third-order valence-corrected chi connectivity index (χ3v) is 3.92. The van der Waals surface area contributed by atoms with E-state index in [-0.39, 0.29) is 0 Å². The third-order valence-electron chi connectivity index (χ3n) is 3.92. The predicted molar refractivity (Wildman–Crippen MR) is 66.2 cm³/mol. The van der Waals surface area contributed by atoms with Crippen LogP contribution >= 0.6 is 0 Å². The molecule has 0 spiro atoms. The standard InChI is InChI=1S/C14H19NO2/c1-10(12-3-2-4-12)15-8-11-5-6-13-14(7-11)17-9-16-13/h5-7,10,12,15H,2-4,8-9H2,1H3. The van der Waals surface area contributed by atoms with Crippen LogP contribution in [0.3, 0.4) is 0 Å². The summed E-state index contributed by atoms with van der Waals surface area (Å²) in [6.07, 6.45) is 4.17. The fraction of sp³-hybridized carbons (Fsp3) is 0.571. The average Bonchev–Trinajstić information content (AvgIpc) is 2.71. The molecule has 1 aliphatic carbocycles. The number of hydrogen-bond donors (Lipinski definition) is 1. The lowest BCUT2D eigenvalue weighted by Crippen LogP contribution is -2.36. The van der Waals surface area contributed by atoms with Crippen LogP contribution < -0.4 is 14.8 Å². The summed E-state index contributed by atoms with van der Waals surface area (Å²) in [4.78, 5) is 0. The SMILES string of the molecule is CC(NCc1ccc2c(c1)OCO2)C1CCC1. The van der Waals surface area contributed by atoms with Gasteiger partial charge in [0, 0.05) is 12.6 Å². The number of ether oxygens (including phenoxy) is 2. The zero-order chi connectivity index (χ0) is 11.7. The number of nitrogens with one attached hydrogen (secondary N) is 1. The van der Waals surface area contributed by atoms with Crippen molar-refractivity contribution in [2.75, 3.05) is 6.79 Å². The molecule has 0 aromatic heterocycles. The Morgan fingerprint density at radius 3 is 2.88 bits per heavy atom. The van der Waals surface area contributed by atoms with Gasteiger partial charge in [0.2, 0.25) is 6.79 Å². The molecule has 1 aromatic carbocycles. The van der Waals surface area contributed by atoms with E-state index in [9.17, 15) is 0 Å². The monoisotopic (exact) mass is 233 g/mol. The van der Waals surface area contributed by atoms with Crippen LogP contribution in [0.5, 0.6) is 11.5 Å². The van der Waals surface area contributed by atoms with E-state index in [4.69, 9.17) is 9.47 Å². The summed E-state index contributed by atoms with van der Waals surface area (Å²) in [5.41, 5.74) is 1.26. The minimum Gasteiger partial charge on any atom is -0.454 e. The molecule has 1 unspecified atom stereocenters. The minimum atomic E-state index is 0.352. The lowest BCUT2D eigenvalue weighted by molar-refractivity contribution is 0.174. The van der Waals surface area contributed by atoms with Crippen LogP contribution in [0.4, 0.5) is 0 Å². The maximum absolute atomic E-state index is 5.38. The van der Waals surface area contributed by atoms with Gasteiger partial charge in [-0.05, 0) is 43.4 Å². The molecule has 3 rings (SSSR count). The molecule has 3 heteroatoms. The molecule has 0 radical (unpaired) electrons. The van der Waals surface area contributed by atoms with Crippen LogP contribution in [-0.4, -0.2) is 12.8 Å². The van der Waals surface area contributed by atoms with Crippen molar-refractivity contribution in [2.24, 2.45) is 5.92 Å². The van der Waals surface area contributed by atoms with Crippen LogP contribution in [-0.2, 0) is 6.54 Å². The summed E-state index contributed by atoms with van der Waals surface area (Å²) in [5.74, 6) is 2.62. The molecule has 1 fully saturated rings. The summed E-state index contributed by atoms with van der Waals surface area (Å²) in [5, 5.41) is 3.60. The molecular formula is C14H19NO2. The molecule has 2 aliphatic rings. The first-order valence-electron chi connectivity index (χ1n) is 6.45. The van der Waals surface area contributed by atoms with Gasteiger partial charge in [0.25, 0.3) is 0 Å². The van der Waals surface area contributed by atoms with E-state index >= 15 is 0 Å². The lowest BCUT2D eigenvalue weighted by Gasteiger charge is -2.32. The molecule has 1 N–H and O–H groups in total. The molecule has 0 bridgehead atoms. The summed E-state index contributed by atoms with van der Waals surface area (Å²) >= 11 is 0. The highest BCUT2D eigenvalue weighted by Crippen LogP contribution is 2.33. The van der Waals surface area contributed by atoms with Crippen LogP contribution in [0.25, 0.3) is 0 Å². The second kappa shape index (κ2) is 4.57. The number of benzene rings is 1. The molecule has 1 aromatic rings. The van der Waals surface area contributed by atoms with E-state index in [1.165, 1.54) is 24.8 Å². The fourth-order valence-corrected chi connectivity index (χ4v) is 2.44. The lowest BCUT2D eigenvalue weighted by atomic mass is 9.80. The van der Waals surface area contributed by atoms with Gasteiger partial charge in [0.1, 0.15) is 0 Å². The highest BCUT2D eigenvalue weighted by atomic mass is 16.7. The van der Waals surface area contributed by atoms with Crippen molar-refractivity contribution in [3.8, 4) is 11.5 Å². The van der Waals surface area contributed by atoms with Crippen LogP contribution in [0, 0.1) is 5.92 Å². The Morgan fingerprint density at radius 1 is 1.29 bits per heavy atom. The Morgan fingerprint density at radius 2 is 2.12 bits per heavy atom. The van der Waals surface area contributed by atoms with Gasteiger partial charge in [-0.15, -0.1) is 0 Å². The molecule has 17 heavy (non-hydrogen) atoms. The molecule has 3 nitrogen and oxygen atoms in total. The molecule has 92 valence electrons. The first-order chi connectivity index (χ1) is 8.33. The minimum absolute atomic E-state index is 0.352. The van der Waals surface area contributed by atoms with Crippen molar-refractivity contribution in [3.63, 3.8) is 0 Å². The Balaban J connectivity index is 1.57. The number of rotatable bonds is 4. The molecule has 1 aliphatic heterocycles. The van der Waals surface area contributed by atoms with Gasteiger partial charge in [-0.1, -0.05) is 12.5 Å². The zero-order valence-corrected chi connectivity index (χ0v) is 10.2. The molecule has 1 heterocycles. The maximum atomic E-state index is 5.38. The largest absolute Gasteiger partial charge is 0.454 e. The molecule has 1 atom stereocenters. The van der Waals surface area contributed by atoms with Gasteiger partial charge in [0.05, 0.1) is 0 Å². The molecule has 1 saturated carbocycles. The Hall–Kier alpha value is -1.22. The first-order valence-corrected chi connectivity index (χ1v) is 6.45. The smallest absolute Gasteiger partial charge is 0.231 e. The van der Waals surface area contributed by atoms with E-state index in [1.54, 1.807) is 0 Å². The van der Waals surface area contributed by atoms with Crippen molar-refractivity contribution in [3.05, 3.63) is 23.8 Å². The molecule has 0 saturated heterocycles. The summed E-state index contributed by atoms with van der Waals surface area (Å²) < 4.78 is 10.7. The van der Waals surface area contributed by atoms with Crippen molar-refractivity contribution < 1.29 is 9.47 Å². The van der Waals surface area contributed by atoms with Crippen LogP contribution in [0.2, 0.25) is 0 Å². The van der Waals surface area contributed by atoms with Gasteiger partial charge in [-0.25, -0.2) is 0 Å². The number of fused-ring (bicyclic) bond motifs is 1. The van der Waals surface area contributed by atoms with E-state index in [0.717, 1.165) is 24.0 Å². The van der Waals surface area contributed by atoms with Crippen molar-refractivity contribution in [2.45, 2.75) is 38.8 Å². The topological polar surface area (TPSA) is 30.5 Å². The highest BCUT2D eigenvalue weighted by molar-refractivity contribution is 5.44. The first kappa shape index (κ1) is 10.9. The second-order valence-corrected chi connectivity index (χ2v) is 5.05. The van der Waals surface area contributed by atoms with E-state index in [0.29, 0.717) is 12.8 Å². The molecular weight excluding hydrogens is 214 g/mol. The van der Waals surface area contributed by atoms with E-state index in [2.05, 4.69) is 24.4 Å². The Labute approximate surface area is 102 Å². The van der Waals surface area contributed by atoms with Gasteiger partial charge < -0.3 is 14.8 Å². The van der Waals surface area contributed by atoms with Gasteiger partial charge in [-0.2, -0.15) is 0 Å². The summed E-state index contributed by atoms with van der Waals surface area (Å²) in [6.45, 7) is 3.55. The van der Waals surface area contributed by atoms with Gasteiger partial charge >= 0.3 is 0 Å². The van der Waals surface area contributed by atoms with Crippen molar-refractivity contribution in [1.29, 1.82) is 0 Å². The van der Waals surface area contributed by atoms with E-state index in [1.807, 2.05) is 6.07 Å². The van der Waals surface area contributed by atoms with Crippen LogP contribution in [0.15, 0.2) is 18.2 Å². The summed E-state index contributed by atoms with van der Waals surface area (Å²) in [7, 11) is 0. The van der Waals surface area contributed by atoms with E-state index < -0.39 is 0 Å². The second-order valence-electron chi connectivity index (χ2n) is 5.05. The predicted octanol–water partition coefficient (Wildman–Crippen LogP) is 2.69. The normalized spacial score (nSPS) is 20.1. The quantitative estimate of drug-likeness (QED) is 0.867. The summed E-state index contributed by atoms with van der Waals surface area (Å²) in [6, 6.07) is 6.79. The molecule has 0 amide bonds. The van der Waals surface area contributed by atoms with Gasteiger partial charge in [0.15, 0.2) is 11.5 Å². The zero-order valence-electron chi connectivity index (χ0n) is 10.2. The highest BCUT2D eigenvalue weighted by Gasteiger charge is 2.23. The maximum Gasteiger partial charge on any atom is 0.231 e. The van der Waals surface area contributed by atoms with Gasteiger partial charge in [-0.3, -0.25) is 0 Å². The Kier molecular flexibility index (Phi) is 2.93. The van der Waals surface area contributed by atoms with Crippen molar-refractivity contribution in [1.82, 2.24) is 5.32 Å². The average molecular weight is 233 g/mol.